The maximum Gasteiger partial charge on any atom is 0.287 e. The van der Waals surface area contributed by atoms with Gasteiger partial charge in [0.25, 0.3) is 17.7 Å². The van der Waals surface area contributed by atoms with Gasteiger partial charge in [-0.05, 0) is 42.7 Å². The highest BCUT2D eigenvalue weighted by molar-refractivity contribution is 7.98. The van der Waals surface area contributed by atoms with E-state index >= 15 is 0 Å². The number of thioether (sulfide) groups is 1. The Kier molecular flexibility index (Phi) is 8.70. The third-order valence-corrected chi connectivity index (χ3v) is 4.45. The third kappa shape index (κ3) is 6.82. The molecule has 1 unspecified atom stereocenters. The molecule has 0 bridgehead atoms. The fourth-order valence-electron chi connectivity index (χ4n) is 2.10. The number of amides is 3. The van der Waals surface area contributed by atoms with E-state index in [1.165, 1.54) is 24.1 Å². The molecule has 2 aromatic rings. The van der Waals surface area contributed by atoms with Crippen molar-refractivity contribution >= 4 is 41.1 Å². The van der Waals surface area contributed by atoms with Gasteiger partial charge < -0.3 is 14.5 Å². The van der Waals surface area contributed by atoms with Crippen LogP contribution >= 0.6 is 23.4 Å². The van der Waals surface area contributed by atoms with Crippen molar-refractivity contribution in [3.8, 4) is 5.75 Å². The fourth-order valence-corrected chi connectivity index (χ4v) is 2.76. The maximum atomic E-state index is 12.3. The summed E-state index contributed by atoms with van der Waals surface area (Å²) in [7, 11) is 0. The minimum absolute atomic E-state index is 0.0964. The molecular weight excluding hydrogens is 406 g/mol. The monoisotopic (exact) mass is 425 g/mol. The van der Waals surface area contributed by atoms with Gasteiger partial charge in [0.15, 0.2) is 12.4 Å². The van der Waals surface area contributed by atoms with Gasteiger partial charge in [0.2, 0.25) is 0 Å². The highest BCUT2D eigenvalue weighted by atomic mass is 35.5. The second-order valence-electron chi connectivity index (χ2n) is 5.54. The Morgan fingerprint density at radius 1 is 1.18 bits per heavy atom. The zero-order valence-corrected chi connectivity index (χ0v) is 16.6. The predicted molar refractivity (Wildman–Crippen MR) is 106 cm³/mol. The van der Waals surface area contributed by atoms with Crippen LogP contribution < -0.4 is 20.9 Å². The first-order chi connectivity index (χ1) is 13.5. The van der Waals surface area contributed by atoms with E-state index in [1.807, 2.05) is 6.26 Å². The molecule has 0 radical (unpaired) electrons. The fraction of sp³-hybridized carbons (Fsp3) is 0.278. The summed E-state index contributed by atoms with van der Waals surface area (Å²) in [5, 5.41) is 2.96. The lowest BCUT2D eigenvalue weighted by Gasteiger charge is -2.18. The summed E-state index contributed by atoms with van der Waals surface area (Å²) in [6.07, 6.45) is 3.63. The summed E-state index contributed by atoms with van der Waals surface area (Å²) in [5.41, 5.74) is 4.54. The standard InChI is InChI=1S/C18H20ClN3O5S/c1-28-10-8-13(20-18(25)15-7-4-9-26-15)17(24)22-21-16(23)11-27-14-6-3-2-5-12(14)19/h2-7,9,13H,8,10-11H2,1H3,(H,20,25)(H,21,23)(H,22,24). The topological polar surface area (TPSA) is 110 Å². The Morgan fingerprint density at radius 2 is 1.96 bits per heavy atom. The van der Waals surface area contributed by atoms with Crippen molar-refractivity contribution in [1.82, 2.24) is 16.2 Å². The molecule has 10 heteroatoms. The summed E-state index contributed by atoms with van der Waals surface area (Å²) in [4.78, 5) is 36.3. The van der Waals surface area contributed by atoms with Crippen LogP contribution in [0.4, 0.5) is 0 Å². The van der Waals surface area contributed by atoms with E-state index in [1.54, 1.807) is 30.3 Å². The van der Waals surface area contributed by atoms with Crippen molar-refractivity contribution in [2.45, 2.75) is 12.5 Å². The lowest BCUT2D eigenvalue weighted by molar-refractivity contribution is -0.130. The van der Waals surface area contributed by atoms with Gasteiger partial charge in [0.05, 0.1) is 11.3 Å². The Balaban J connectivity index is 1.83. The van der Waals surface area contributed by atoms with Crippen LogP contribution in [0.25, 0.3) is 0 Å². The molecule has 0 aliphatic carbocycles. The van der Waals surface area contributed by atoms with Crippen molar-refractivity contribution < 1.29 is 23.5 Å². The van der Waals surface area contributed by atoms with E-state index in [0.717, 1.165) is 0 Å². The van der Waals surface area contributed by atoms with Crippen LogP contribution in [-0.4, -0.2) is 42.4 Å². The van der Waals surface area contributed by atoms with Gasteiger partial charge in [-0.25, -0.2) is 0 Å². The number of carbonyl (C=O) groups excluding carboxylic acids is 3. The normalized spacial score (nSPS) is 11.4. The number of carbonyl (C=O) groups is 3. The van der Waals surface area contributed by atoms with Crippen LogP contribution in [0.2, 0.25) is 5.02 Å². The van der Waals surface area contributed by atoms with Crippen molar-refractivity contribution in [3.63, 3.8) is 0 Å². The van der Waals surface area contributed by atoms with E-state index in [0.29, 0.717) is 22.9 Å². The van der Waals surface area contributed by atoms with Crippen LogP contribution in [0.15, 0.2) is 47.1 Å². The molecule has 0 aliphatic heterocycles. The molecule has 1 aromatic carbocycles. The number of ether oxygens (including phenoxy) is 1. The van der Waals surface area contributed by atoms with Gasteiger partial charge >= 0.3 is 0 Å². The second kappa shape index (κ2) is 11.3. The molecule has 150 valence electrons. The molecule has 1 aromatic heterocycles. The largest absolute Gasteiger partial charge is 0.482 e. The molecule has 2 rings (SSSR count). The van der Waals surface area contributed by atoms with E-state index in [4.69, 9.17) is 20.8 Å². The Bertz CT molecular complexity index is 800. The van der Waals surface area contributed by atoms with Crippen LogP contribution in [-0.2, 0) is 9.59 Å². The average molecular weight is 426 g/mol. The number of hydrogen-bond donors (Lipinski definition) is 3. The first-order valence-electron chi connectivity index (χ1n) is 8.30. The number of furan rings is 1. The quantitative estimate of drug-likeness (QED) is 0.530. The Labute approximate surface area is 171 Å². The van der Waals surface area contributed by atoms with Gasteiger partial charge in [0, 0.05) is 0 Å². The molecule has 0 fully saturated rings. The SMILES string of the molecule is CSCCC(NC(=O)c1ccco1)C(=O)NNC(=O)COc1ccccc1Cl. The zero-order chi connectivity index (χ0) is 20.4. The minimum Gasteiger partial charge on any atom is -0.482 e. The molecule has 1 heterocycles. The summed E-state index contributed by atoms with van der Waals surface area (Å²) >= 11 is 7.47. The van der Waals surface area contributed by atoms with Crippen LogP contribution in [0, 0.1) is 0 Å². The summed E-state index contributed by atoms with van der Waals surface area (Å²) in [5.74, 6) is -0.553. The van der Waals surface area contributed by atoms with Crippen LogP contribution in [0.3, 0.4) is 0 Å². The van der Waals surface area contributed by atoms with Crippen LogP contribution in [0.5, 0.6) is 5.75 Å². The highest BCUT2D eigenvalue weighted by Gasteiger charge is 2.22. The predicted octanol–water partition coefficient (Wildman–Crippen LogP) is 2.01. The molecule has 3 N–H and O–H groups in total. The smallest absolute Gasteiger partial charge is 0.287 e. The summed E-state index contributed by atoms with van der Waals surface area (Å²) in [6.45, 7) is -0.335. The average Bonchev–Trinajstić information content (AvgIpc) is 3.23. The molecule has 3 amide bonds. The molecule has 0 saturated carbocycles. The van der Waals surface area contributed by atoms with Gasteiger partial charge in [-0.3, -0.25) is 25.2 Å². The van der Waals surface area contributed by atoms with Gasteiger partial charge in [0.1, 0.15) is 11.8 Å². The van der Waals surface area contributed by atoms with E-state index < -0.39 is 23.8 Å². The van der Waals surface area contributed by atoms with Crippen molar-refractivity contribution in [2.24, 2.45) is 0 Å². The molecule has 0 saturated heterocycles. The van der Waals surface area contributed by atoms with E-state index in [-0.39, 0.29) is 12.4 Å². The molecule has 0 aliphatic rings. The van der Waals surface area contributed by atoms with Crippen molar-refractivity contribution in [3.05, 3.63) is 53.4 Å². The number of halogens is 1. The number of hydrogen-bond acceptors (Lipinski definition) is 6. The minimum atomic E-state index is -0.838. The van der Waals surface area contributed by atoms with E-state index in [9.17, 15) is 14.4 Å². The molecule has 28 heavy (non-hydrogen) atoms. The van der Waals surface area contributed by atoms with Gasteiger partial charge in [-0.15, -0.1) is 0 Å². The summed E-state index contributed by atoms with van der Waals surface area (Å²) in [6, 6.07) is 8.94. The number of rotatable bonds is 9. The molecule has 0 spiro atoms. The highest BCUT2D eigenvalue weighted by Crippen LogP contribution is 2.22. The van der Waals surface area contributed by atoms with E-state index in [2.05, 4.69) is 16.2 Å². The van der Waals surface area contributed by atoms with Gasteiger partial charge in [-0.2, -0.15) is 11.8 Å². The number of hydrazine groups is 1. The number of benzene rings is 1. The number of para-hydroxylation sites is 1. The first-order valence-corrected chi connectivity index (χ1v) is 10.1. The third-order valence-electron chi connectivity index (χ3n) is 3.50. The first kappa shape index (κ1) is 21.6. The molecular formula is C18H20ClN3O5S. The summed E-state index contributed by atoms with van der Waals surface area (Å²) < 4.78 is 10.3. The molecule has 8 nitrogen and oxygen atoms in total. The van der Waals surface area contributed by atoms with Gasteiger partial charge in [-0.1, -0.05) is 23.7 Å². The zero-order valence-electron chi connectivity index (χ0n) is 15.1. The van der Waals surface area contributed by atoms with Crippen molar-refractivity contribution in [2.75, 3.05) is 18.6 Å². The lowest BCUT2D eigenvalue weighted by atomic mass is 10.2. The lowest BCUT2D eigenvalue weighted by Crippen LogP contribution is -2.53. The van der Waals surface area contributed by atoms with Crippen molar-refractivity contribution in [1.29, 1.82) is 0 Å². The maximum absolute atomic E-state index is 12.3. The van der Waals surface area contributed by atoms with Crippen LogP contribution in [0.1, 0.15) is 17.0 Å². The number of nitrogens with one attached hydrogen (secondary N) is 3. The Morgan fingerprint density at radius 3 is 2.64 bits per heavy atom. The Hall–Kier alpha value is -2.65. The second-order valence-corrected chi connectivity index (χ2v) is 6.93. The molecule has 1 atom stereocenters.